The number of hydrogen-bond donors (Lipinski definition) is 8. The number of aromatic amines is 6. The highest BCUT2D eigenvalue weighted by molar-refractivity contribution is 5.77. The normalized spacial score (nSPS) is 19.9. The van der Waals surface area contributed by atoms with E-state index in [2.05, 4.69) is 139 Å². The lowest BCUT2D eigenvalue weighted by Crippen LogP contribution is -2.39. The van der Waals surface area contributed by atoms with Gasteiger partial charge in [0, 0.05) is 128 Å². The SMILES string of the molecule is C=C(C)N1CCCC(n2ncc3c(=O)[nH]c(CC(C)C)nc32)C1.C=C(C)N1CCCC(n2ncc3c(=O)[nH]c(Cc4ccccc4OC(F)(F)F)nc32)C1.C=C(N(C)C)N1CCC(n2ncc3c(=O)[nH]c(Cc4ccccc4)nc32)C1.CC(F)CN1CCCC(n2ncc3c(=O)[nH]c(CC4CCCC4)nc32)C1.O=c1[nH]c(CC2CCCC2)nc2c1cnn2C1CCNC1.O=c1[nH]c(CC2CCCC2)nc2c1cnn2C1CCNCC1. The van der Waals surface area contributed by atoms with E-state index in [1.807, 2.05) is 86.6 Å². The zero-order chi connectivity index (χ0) is 105. The van der Waals surface area contributed by atoms with Gasteiger partial charge in [-0.1, -0.05) is 159 Å². The first kappa shape index (κ1) is 106. The van der Waals surface area contributed by atoms with Crippen LogP contribution in [0.25, 0.3) is 66.2 Å². The molecule has 0 spiro atoms. The summed E-state index contributed by atoms with van der Waals surface area (Å²) in [7, 11) is 3.99. The predicted molar refractivity (Wildman–Crippen MR) is 570 cm³/mol. The van der Waals surface area contributed by atoms with Gasteiger partial charge >= 0.3 is 6.36 Å². The quantitative estimate of drug-likeness (QED) is 0.0246. The van der Waals surface area contributed by atoms with Crippen molar-refractivity contribution in [2.24, 2.45) is 23.7 Å². The van der Waals surface area contributed by atoms with E-state index in [0.717, 1.165) is 219 Å². The molecule has 23 rings (SSSR count). The molecule has 3 aliphatic carbocycles. The van der Waals surface area contributed by atoms with Gasteiger partial charge in [0.2, 0.25) is 0 Å². The second-order valence-corrected chi connectivity index (χ2v) is 42.8. The number of alkyl halides is 4. The standard InChI is InChI=1S/C21H22F3N5O2.C20H24N6O.C19H28FN5O.C17H25N5O.C16H23N5O.C15H21N5O/c1-13(2)28-9-5-7-15(12-28)29-19-16(11-25-29)20(30)27-18(26-19)10-14-6-3-4-8-17(14)31-21(22,23)24;1-14(24(2)3)25-10-9-16(13-25)26-19-17(12-21-26)20(27)23-18(22-19)11-15-7-5-4-6-8-15;1-13(20)11-24-8-4-7-15(12-24)25-18-16(10-21-25)19(26)23-17(22-18)9-14-5-2-3-6-14;1-11(2)8-15-19-16-14(17(23)20-15)9-18-22(16)13-6-5-7-21(10-13)12(3)4;22-16-13-10-18-21(12-5-7-17-8-6-12)15(13)19-14(20-16)9-11-3-1-2-4-11;21-15-12-9-17-20(11-5-6-16-8-11)14(12)18-13(19-15)7-10-3-1-2-4-10/h3-4,6,8,11,15H,1,5,7,9-10,12H2,2H3,(H,26,27,30);4-8,12,16H,1,9-11,13H2,2-3H3,(H,22,23,27);10,13-15H,2-9,11-12H2,1H3,(H,22,23,26);9,11,13H,3,5-8,10H2,1-2,4H3,(H,19,20,23);10-12,17H,1-9H2,(H,19,20,22);9-11,16H,1-8H2,(H,18,19,21). The van der Waals surface area contributed by atoms with Gasteiger partial charge in [-0.15, -0.1) is 13.2 Å². The molecule has 42 heteroatoms. The minimum absolute atomic E-state index is 0.0194. The molecule has 14 aromatic rings. The van der Waals surface area contributed by atoms with Crippen LogP contribution in [0.4, 0.5) is 17.6 Å². The average Bonchev–Trinajstić information content (AvgIpc) is 1.63. The topological polar surface area (TPSA) is 431 Å². The molecule has 150 heavy (non-hydrogen) atoms. The molecule has 6 saturated heterocycles. The van der Waals surface area contributed by atoms with Gasteiger partial charge in [-0.2, -0.15) is 30.6 Å². The van der Waals surface area contributed by atoms with Crippen molar-refractivity contribution in [3.05, 3.63) is 237 Å². The third kappa shape index (κ3) is 26.0. The number of H-pyrrole nitrogens is 6. The van der Waals surface area contributed by atoms with Gasteiger partial charge in [0.1, 0.15) is 79.2 Å². The molecule has 6 aliphatic heterocycles. The maximum atomic E-state index is 13.4. The van der Waals surface area contributed by atoms with E-state index in [4.69, 9.17) is 19.9 Å². The second-order valence-electron chi connectivity index (χ2n) is 42.8. The zero-order valence-electron chi connectivity index (χ0n) is 87.3. The lowest BCUT2D eigenvalue weighted by atomic mass is 10.0. The molecule has 9 aliphatic rings. The number of aromatic nitrogens is 24. The van der Waals surface area contributed by atoms with Gasteiger partial charge in [-0.05, 0) is 146 Å². The largest absolute Gasteiger partial charge is 0.573 e. The van der Waals surface area contributed by atoms with Crippen molar-refractivity contribution in [2.45, 2.75) is 263 Å². The molecule has 18 heterocycles. The molecule has 0 amide bonds. The number of fused-ring (bicyclic) bond motifs is 6. The summed E-state index contributed by atoms with van der Waals surface area (Å²) in [5, 5.41) is 36.6. The van der Waals surface area contributed by atoms with Crippen LogP contribution in [-0.4, -0.2) is 255 Å². The summed E-state index contributed by atoms with van der Waals surface area (Å²) in [4.78, 5) is 131. The molecular weight excluding hydrogens is 1920 g/mol. The predicted octanol–water partition coefficient (Wildman–Crippen LogP) is 14.3. The molecule has 6 atom stereocenters. The summed E-state index contributed by atoms with van der Waals surface area (Å²) in [5.74, 6) is 7.17. The molecule has 6 unspecified atom stereocenters. The molecule has 0 bridgehead atoms. The summed E-state index contributed by atoms with van der Waals surface area (Å²) in [5.41, 5.74) is 6.61. The third-order valence-corrected chi connectivity index (χ3v) is 30.6. The number of rotatable bonds is 25. The van der Waals surface area contributed by atoms with Gasteiger partial charge in [-0.3, -0.25) is 33.7 Å². The van der Waals surface area contributed by atoms with E-state index in [9.17, 15) is 46.3 Å². The number of ether oxygens (including phenoxy) is 1. The fraction of sp³-hybridized carbons (Fsp3) is 0.556. The first-order chi connectivity index (χ1) is 72.4. The van der Waals surface area contributed by atoms with Crippen LogP contribution in [0.2, 0.25) is 0 Å². The molecule has 800 valence electrons. The summed E-state index contributed by atoms with van der Waals surface area (Å²) < 4.78 is 67.0. The van der Waals surface area contributed by atoms with Crippen molar-refractivity contribution < 1.29 is 22.3 Å². The molecule has 38 nitrogen and oxygen atoms in total. The maximum absolute atomic E-state index is 13.4. The molecule has 3 saturated carbocycles. The second kappa shape index (κ2) is 48.1. The van der Waals surface area contributed by atoms with Crippen LogP contribution >= 0.6 is 0 Å². The van der Waals surface area contributed by atoms with Crippen molar-refractivity contribution in [1.82, 2.24) is 154 Å². The van der Waals surface area contributed by atoms with Crippen LogP contribution in [0.3, 0.4) is 0 Å². The summed E-state index contributed by atoms with van der Waals surface area (Å²) in [6, 6.07) is 17.1. The first-order valence-electron chi connectivity index (χ1n) is 53.8. The first-order valence-corrected chi connectivity index (χ1v) is 53.8. The fourth-order valence-corrected chi connectivity index (χ4v) is 22.9. The molecule has 12 aromatic heterocycles. The van der Waals surface area contributed by atoms with E-state index < -0.39 is 12.5 Å². The van der Waals surface area contributed by atoms with Crippen molar-refractivity contribution in [1.29, 1.82) is 0 Å². The summed E-state index contributed by atoms with van der Waals surface area (Å²) in [6.07, 6.45) is 33.3. The number of para-hydroxylation sites is 1. The van der Waals surface area contributed by atoms with Crippen LogP contribution in [0, 0.1) is 23.7 Å². The van der Waals surface area contributed by atoms with E-state index in [0.29, 0.717) is 116 Å². The number of allylic oxidation sites excluding steroid dienone is 2. The van der Waals surface area contributed by atoms with Gasteiger partial charge in [0.05, 0.1) is 79.3 Å². The van der Waals surface area contributed by atoms with E-state index in [1.165, 1.54) is 101 Å². The number of halogens is 4. The Bertz CT molecular complexity index is 7390. The van der Waals surface area contributed by atoms with Crippen LogP contribution < -0.4 is 48.7 Å². The zero-order valence-corrected chi connectivity index (χ0v) is 87.3. The Labute approximate surface area is 866 Å². The Kier molecular flexibility index (Phi) is 34.1. The van der Waals surface area contributed by atoms with Gasteiger partial charge in [0.25, 0.3) is 33.4 Å². The summed E-state index contributed by atoms with van der Waals surface area (Å²) in [6.45, 7) is 33.3. The highest BCUT2D eigenvalue weighted by atomic mass is 19.4. The summed E-state index contributed by atoms with van der Waals surface area (Å²) >= 11 is 0. The van der Waals surface area contributed by atoms with Gasteiger partial charge in [-0.25, -0.2) is 62.4 Å². The molecule has 9 fully saturated rings. The lowest BCUT2D eigenvalue weighted by molar-refractivity contribution is -0.274. The van der Waals surface area contributed by atoms with Gasteiger partial charge < -0.3 is 64.9 Å². The third-order valence-electron chi connectivity index (χ3n) is 30.6. The number of benzene rings is 2. The minimum Gasteiger partial charge on any atom is -0.405 e. The van der Waals surface area contributed by atoms with E-state index in [-0.39, 0.29) is 81.1 Å². The Hall–Kier alpha value is -13.6. The van der Waals surface area contributed by atoms with Gasteiger partial charge in [0.15, 0.2) is 33.9 Å². The van der Waals surface area contributed by atoms with Crippen LogP contribution in [0.1, 0.15) is 258 Å². The Morgan fingerprint density at radius 2 is 0.753 bits per heavy atom. The Morgan fingerprint density at radius 3 is 1.16 bits per heavy atom. The van der Waals surface area contributed by atoms with Crippen molar-refractivity contribution in [2.75, 3.05) is 99.2 Å². The monoisotopic (exact) mass is 2060 g/mol. The number of piperidine rings is 4. The smallest absolute Gasteiger partial charge is 0.405 e. The van der Waals surface area contributed by atoms with Crippen molar-refractivity contribution >= 4 is 66.2 Å². The number of likely N-dealkylation sites (tertiary alicyclic amines) is 4. The van der Waals surface area contributed by atoms with E-state index >= 15 is 0 Å². The number of nitrogens with zero attached hydrogens (tertiary/aromatic N) is 23. The number of hydrogen-bond acceptors (Lipinski definition) is 26. The van der Waals surface area contributed by atoms with Crippen LogP contribution in [0.15, 0.2) is 157 Å². The molecule has 0 radical (unpaired) electrons. The fourth-order valence-electron chi connectivity index (χ4n) is 22.9. The van der Waals surface area contributed by atoms with E-state index in [1.54, 1.807) is 48.7 Å². The average molecular weight is 2060 g/mol. The van der Waals surface area contributed by atoms with Crippen molar-refractivity contribution in [3.8, 4) is 5.75 Å². The number of nitrogens with one attached hydrogen (secondary N) is 8. The van der Waals surface area contributed by atoms with Crippen LogP contribution in [-0.2, 0) is 38.5 Å². The van der Waals surface area contributed by atoms with Crippen LogP contribution in [0.5, 0.6) is 5.75 Å². The highest BCUT2D eigenvalue weighted by Gasteiger charge is 2.36. The Morgan fingerprint density at radius 1 is 0.400 bits per heavy atom. The van der Waals surface area contributed by atoms with Crippen molar-refractivity contribution in [3.63, 3.8) is 0 Å². The molecule has 2 aromatic carbocycles. The molecule has 8 N–H and O–H groups in total. The maximum Gasteiger partial charge on any atom is 0.573 e. The molecular formula is C108H143F4N31O7. The Balaban J connectivity index is 0.000000118. The lowest BCUT2D eigenvalue weighted by Gasteiger charge is -2.34. The highest BCUT2D eigenvalue weighted by Crippen LogP contribution is 2.37. The minimum atomic E-state index is -4.81.